The van der Waals surface area contributed by atoms with E-state index in [2.05, 4.69) is 10.1 Å². The molecule has 1 N–H and O–H groups in total. The van der Waals surface area contributed by atoms with E-state index in [-0.39, 0.29) is 5.97 Å². The maximum atomic E-state index is 11.3. The molecule has 0 aromatic heterocycles. The van der Waals surface area contributed by atoms with Crippen LogP contribution in [0.25, 0.3) is 0 Å². The normalized spacial score (nSPS) is 12.7. The number of hydrogen-bond donors (Lipinski definition) is 1. The van der Waals surface area contributed by atoms with Gasteiger partial charge in [-0.2, -0.15) is 0 Å². The molecule has 0 unspecified atom stereocenters. The van der Waals surface area contributed by atoms with Crippen molar-refractivity contribution in [1.82, 2.24) is 0 Å². The lowest BCUT2D eigenvalue weighted by Gasteiger charge is -2.03. The number of anilines is 1. The zero-order valence-electron chi connectivity index (χ0n) is 7.16. The zero-order valence-corrected chi connectivity index (χ0v) is 7.16. The monoisotopic (exact) mass is 179 g/mol. The number of benzene rings is 1. The van der Waals surface area contributed by atoms with Crippen LogP contribution in [0.5, 0.6) is 5.75 Å². The Balaban J connectivity index is 2.47. The topological polar surface area (TPSA) is 47.6 Å². The van der Waals surface area contributed by atoms with Crippen LogP contribution in [0.15, 0.2) is 18.2 Å². The molecule has 0 fully saturated rings. The van der Waals surface area contributed by atoms with Gasteiger partial charge in [0.2, 0.25) is 0 Å². The summed E-state index contributed by atoms with van der Waals surface area (Å²) >= 11 is 0. The van der Waals surface area contributed by atoms with Gasteiger partial charge in [-0.05, 0) is 12.1 Å². The Kier molecular flexibility index (Phi) is 1.81. The Labute approximate surface area is 75.5 Å². The second-order valence-electron chi connectivity index (χ2n) is 2.64. The predicted octanol–water partition coefficient (Wildman–Crippen LogP) is 1.23. The Morgan fingerprint density at radius 2 is 2.46 bits per heavy atom. The highest BCUT2D eigenvalue weighted by molar-refractivity contribution is 5.97. The van der Waals surface area contributed by atoms with Crippen LogP contribution in [0.4, 0.5) is 5.69 Å². The molecule has 68 valence electrons. The van der Waals surface area contributed by atoms with Crippen LogP contribution in [-0.2, 0) is 4.74 Å². The van der Waals surface area contributed by atoms with Gasteiger partial charge in [0.05, 0.1) is 18.4 Å². The first-order valence-electron chi connectivity index (χ1n) is 3.91. The second kappa shape index (κ2) is 2.97. The molecule has 0 bridgehead atoms. The molecule has 1 aliphatic heterocycles. The molecule has 1 aliphatic rings. The molecule has 0 aliphatic carbocycles. The summed E-state index contributed by atoms with van der Waals surface area (Å²) in [5.74, 6) is 0.345. The van der Waals surface area contributed by atoms with Crippen LogP contribution in [-0.4, -0.2) is 19.8 Å². The van der Waals surface area contributed by atoms with Crippen LogP contribution in [0.2, 0.25) is 0 Å². The SMILES string of the molecule is COC(=O)c1cccc2c1NCO2. The summed E-state index contributed by atoms with van der Waals surface area (Å²) in [4.78, 5) is 11.3. The standard InChI is InChI=1S/C9H9NO3/c1-12-9(11)6-3-2-4-7-8(6)10-5-13-7/h2-4,10H,5H2,1H3. The Morgan fingerprint density at radius 3 is 3.23 bits per heavy atom. The first kappa shape index (κ1) is 7.91. The molecule has 1 aromatic carbocycles. The quantitative estimate of drug-likeness (QED) is 0.659. The van der Waals surface area contributed by atoms with Crippen molar-refractivity contribution in [2.45, 2.75) is 0 Å². The maximum Gasteiger partial charge on any atom is 0.340 e. The lowest BCUT2D eigenvalue weighted by molar-refractivity contribution is 0.0602. The van der Waals surface area contributed by atoms with Crippen molar-refractivity contribution in [3.8, 4) is 5.75 Å². The number of nitrogens with one attached hydrogen (secondary N) is 1. The van der Waals surface area contributed by atoms with E-state index in [9.17, 15) is 4.79 Å². The summed E-state index contributed by atoms with van der Waals surface area (Å²) in [6.45, 7) is 0.406. The molecule has 0 amide bonds. The summed E-state index contributed by atoms with van der Waals surface area (Å²) < 4.78 is 9.84. The van der Waals surface area contributed by atoms with E-state index in [4.69, 9.17) is 4.74 Å². The Morgan fingerprint density at radius 1 is 1.62 bits per heavy atom. The average Bonchev–Trinajstić information content (AvgIpc) is 2.63. The molecule has 1 heterocycles. The molecule has 0 spiro atoms. The molecule has 0 saturated carbocycles. The minimum absolute atomic E-state index is 0.352. The van der Waals surface area contributed by atoms with E-state index in [1.807, 2.05) is 6.07 Å². The van der Waals surface area contributed by atoms with Gasteiger partial charge in [-0.15, -0.1) is 0 Å². The van der Waals surface area contributed by atoms with Crippen LogP contribution in [0.3, 0.4) is 0 Å². The third kappa shape index (κ3) is 1.20. The number of carbonyl (C=O) groups excluding carboxylic acids is 1. The van der Waals surface area contributed by atoms with Crippen molar-refractivity contribution >= 4 is 11.7 Å². The van der Waals surface area contributed by atoms with Crippen LogP contribution in [0.1, 0.15) is 10.4 Å². The van der Waals surface area contributed by atoms with Crippen molar-refractivity contribution in [2.24, 2.45) is 0 Å². The number of carbonyl (C=O) groups is 1. The van der Waals surface area contributed by atoms with Crippen LogP contribution in [0, 0.1) is 0 Å². The smallest absolute Gasteiger partial charge is 0.340 e. The van der Waals surface area contributed by atoms with Gasteiger partial charge in [-0.3, -0.25) is 0 Å². The fraction of sp³-hybridized carbons (Fsp3) is 0.222. The molecular weight excluding hydrogens is 170 g/mol. The third-order valence-corrected chi connectivity index (χ3v) is 1.91. The first-order chi connectivity index (χ1) is 6.33. The van der Waals surface area contributed by atoms with E-state index in [1.54, 1.807) is 12.1 Å². The number of methoxy groups -OCH3 is 1. The molecule has 4 heteroatoms. The largest absolute Gasteiger partial charge is 0.471 e. The Hall–Kier alpha value is -1.71. The highest BCUT2D eigenvalue weighted by Crippen LogP contribution is 2.32. The number of ether oxygens (including phenoxy) is 2. The molecule has 0 saturated heterocycles. The van der Waals surface area contributed by atoms with Crippen molar-refractivity contribution < 1.29 is 14.3 Å². The van der Waals surface area contributed by atoms with Gasteiger partial charge in [-0.1, -0.05) is 6.07 Å². The van der Waals surface area contributed by atoms with Crippen molar-refractivity contribution in [1.29, 1.82) is 0 Å². The lowest BCUT2D eigenvalue weighted by atomic mass is 10.1. The molecule has 0 radical (unpaired) electrons. The van der Waals surface area contributed by atoms with Crippen LogP contribution >= 0.6 is 0 Å². The number of rotatable bonds is 1. The minimum atomic E-state index is -0.352. The maximum absolute atomic E-state index is 11.3. The molecular formula is C9H9NO3. The van der Waals surface area contributed by atoms with Gasteiger partial charge >= 0.3 is 5.97 Å². The molecule has 4 nitrogen and oxygen atoms in total. The predicted molar refractivity (Wildman–Crippen MR) is 46.9 cm³/mol. The molecule has 1 aromatic rings. The number of esters is 1. The summed E-state index contributed by atoms with van der Waals surface area (Å²) in [7, 11) is 1.36. The van der Waals surface area contributed by atoms with E-state index in [0.29, 0.717) is 23.7 Å². The number of para-hydroxylation sites is 1. The lowest BCUT2D eigenvalue weighted by Crippen LogP contribution is -2.04. The van der Waals surface area contributed by atoms with Gasteiger partial charge in [0.25, 0.3) is 0 Å². The summed E-state index contributed by atoms with van der Waals surface area (Å²) in [5, 5.41) is 2.96. The zero-order chi connectivity index (χ0) is 9.26. The Bertz CT molecular complexity index is 349. The van der Waals surface area contributed by atoms with Crippen molar-refractivity contribution in [2.75, 3.05) is 19.2 Å². The summed E-state index contributed by atoms with van der Waals surface area (Å²) in [6.07, 6.45) is 0. The van der Waals surface area contributed by atoms with Gasteiger partial charge in [0.1, 0.15) is 5.75 Å². The van der Waals surface area contributed by atoms with Gasteiger partial charge in [-0.25, -0.2) is 4.79 Å². The summed E-state index contributed by atoms with van der Waals surface area (Å²) in [5.41, 5.74) is 1.23. The van der Waals surface area contributed by atoms with Gasteiger partial charge in [0, 0.05) is 0 Å². The molecule has 0 atom stereocenters. The van der Waals surface area contributed by atoms with E-state index >= 15 is 0 Å². The van der Waals surface area contributed by atoms with E-state index < -0.39 is 0 Å². The van der Waals surface area contributed by atoms with Crippen molar-refractivity contribution in [3.63, 3.8) is 0 Å². The van der Waals surface area contributed by atoms with E-state index in [0.717, 1.165) is 0 Å². The van der Waals surface area contributed by atoms with Gasteiger partial charge in [0.15, 0.2) is 6.73 Å². The van der Waals surface area contributed by atoms with Crippen molar-refractivity contribution in [3.05, 3.63) is 23.8 Å². The summed E-state index contributed by atoms with van der Waals surface area (Å²) in [6, 6.07) is 5.27. The fourth-order valence-corrected chi connectivity index (χ4v) is 1.30. The highest BCUT2D eigenvalue weighted by atomic mass is 16.5. The number of fused-ring (bicyclic) bond motifs is 1. The highest BCUT2D eigenvalue weighted by Gasteiger charge is 2.19. The minimum Gasteiger partial charge on any atom is -0.471 e. The number of hydrogen-bond acceptors (Lipinski definition) is 4. The van der Waals surface area contributed by atoms with Gasteiger partial charge < -0.3 is 14.8 Å². The molecule has 2 rings (SSSR count). The average molecular weight is 179 g/mol. The van der Waals surface area contributed by atoms with E-state index in [1.165, 1.54) is 7.11 Å². The fourth-order valence-electron chi connectivity index (χ4n) is 1.30. The third-order valence-electron chi connectivity index (χ3n) is 1.91. The molecule has 13 heavy (non-hydrogen) atoms. The van der Waals surface area contributed by atoms with Crippen LogP contribution < -0.4 is 10.1 Å². The second-order valence-corrected chi connectivity index (χ2v) is 2.64. The first-order valence-corrected chi connectivity index (χ1v) is 3.91.